The summed E-state index contributed by atoms with van der Waals surface area (Å²) in [6.07, 6.45) is 0.688. The highest BCUT2D eigenvalue weighted by atomic mass is 35.5. The standard InChI is InChI=1S/C11H13ClO4S/c1-3-8-4-5-9(6-10(8)12)17(15,16)7(2)11(13)14/h4-7H,3H2,1-2H3,(H,13,14). The van der Waals surface area contributed by atoms with Crippen LogP contribution in [0.1, 0.15) is 19.4 Å². The lowest BCUT2D eigenvalue weighted by Gasteiger charge is -2.10. The molecular formula is C11H13ClO4S. The van der Waals surface area contributed by atoms with Crippen molar-refractivity contribution in [2.24, 2.45) is 0 Å². The van der Waals surface area contributed by atoms with Gasteiger partial charge >= 0.3 is 5.97 Å². The van der Waals surface area contributed by atoms with Gasteiger partial charge in [-0.1, -0.05) is 24.6 Å². The summed E-state index contributed by atoms with van der Waals surface area (Å²) in [5.74, 6) is -1.37. The Morgan fingerprint density at radius 1 is 1.47 bits per heavy atom. The lowest BCUT2D eigenvalue weighted by atomic mass is 10.2. The molecule has 1 atom stereocenters. The predicted octanol–water partition coefficient (Wildman–Crippen LogP) is 2.15. The molecule has 0 saturated carbocycles. The summed E-state index contributed by atoms with van der Waals surface area (Å²) >= 11 is 5.91. The average Bonchev–Trinajstić information content (AvgIpc) is 2.27. The van der Waals surface area contributed by atoms with Crippen LogP contribution in [-0.2, 0) is 21.1 Å². The van der Waals surface area contributed by atoms with E-state index in [4.69, 9.17) is 16.7 Å². The van der Waals surface area contributed by atoms with Gasteiger partial charge in [-0.05, 0) is 31.0 Å². The van der Waals surface area contributed by atoms with Gasteiger partial charge in [-0.2, -0.15) is 0 Å². The molecule has 6 heteroatoms. The highest BCUT2D eigenvalue weighted by Gasteiger charge is 2.29. The summed E-state index contributed by atoms with van der Waals surface area (Å²) in [4.78, 5) is 10.7. The molecule has 4 nitrogen and oxygen atoms in total. The molecule has 0 aliphatic heterocycles. The number of carbonyl (C=O) groups is 1. The Kier molecular flexibility index (Phi) is 4.16. The quantitative estimate of drug-likeness (QED) is 0.915. The average molecular weight is 277 g/mol. The van der Waals surface area contributed by atoms with Crippen molar-refractivity contribution in [3.05, 3.63) is 28.8 Å². The Morgan fingerprint density at radius 2 is 2.06 bits per heavy atom. The van der Waals surface area contributed by atoms with Gasteiger partial charge in [0.1, 0.15) is 0 Å². The molecule has 0 aromatic heterocycles. The second-order valence-electron chi connectivity index (χ2n) is 3.63. The van der Waals surface area contributed by atoms with Crippen LogP contribution in [0.2, 0.25) is 5.02 Å². The van der Waals surface area contributed by atoms with Gasteiger partial charge in [-0.25, -0.2) is 8.42 Å². The number of benzene rings is 1. The van der Waals surface area contributed by atoms with Crippen LogP contribution in [0.4, 0.5) is 0 Å². The first-order valence-corrected chi connectivity index (χ1v) is 6.98. The molecule has 0 heterocycles. The summed E-state index contributed by atoms with van der Waals surface area (Å²) in [7, 11) is -3.87. The molecule has 0 amide bonds. The minimum atomic E-state index is -3.87. The summed E-state index contributed by atoms with van der Waals surface area (Å²) in [6.45, 7) is 3.04. The smallest absolute Gasteiger partial charge is 0.321 e. The van der Waals surface area contributed by atoms with Crippen molar-refractivity contribution in [2.45, 2.75) is 30.4 Å². The zero-order valence-electron chi connectivity index (χ0n) is 9.47. The van der Waals surface area contributed by atoms with Gasteiger partial charge < -0.3 is 5.11 Å². The molecular weight excluding hydrogens is 264 g/mol. The van der Waals surface area contributed by atoms with Crippen LogP contribution in [0, 0.1) is 0 Å². The summed E-state index contributed by atoms with van der Waals surface area (Å²) in [5, 5.41) is 7.60. The summed E-state index contributed by atoms with van der Waals surface area (Å²) < 4.78 is 23.8. The lowest BCUT2D eigenvalue weighted by Crippen LogP contribution is -2.26. The molecule has 1 aromatic rings. The molecule has 0 aliphatic rings. The number of hydrogen-bond donors (Lipinski definition) is 1. The Balaban J connectivity index is 3.26. The van der Waals surface area contributed by atoms with Gasteiger partial charge in [-0.3, -0.25) is 4.79 Å². The topological polar surface area (TPSA) is 71.4 Å². The molecule has 1 aromatic carbocycles. The third-order valence-electron chi connectivity index (χ3n) is 2.55. The minimum Gasteiger partial charge on any atom is -0.480 e. The number of carboxylic acid groups (broad SMARTS) is 1. The van der Waals surface area contributed by atoms with Crippen LogP contribution >= 0.6 is 11.6 Å². The SMILES string of the molecule is CCc1ccc(S(=O)(=O)C(C)C(=O)O)cc1Cl. The highest BCUT2D eigenvalue weighted by Crippen LogP contribution is 2.24. The maximum Gasteiger partial charge on any atom is 0.321 e. The van der Waals surface area contributed by atoms with Gasteiger partial charge in [0.05, 0.1) is 4.90 Å². The molecule has 94 valence electrons. The monoisotopic (exact) mass is 276 g/mol. The molecule has 17 heavy (non-hydrogen) atoms. The van der Waals surface area contributed by atoms with E-state index in [0.29, 0.717) is 11.4 Å². The van der Waals surface area contributed by atoms with E-state index in [2.05, 4.69) is 0 Å². The fourth-order valence-electron chi connectivity index (χ4n) is 1.33. The first-order valence-electron chi connectivity index (χ1n) is 5.05. The van der Waals surface area contributed by atoms with Gasteiger partial charge in [0, 0.05) is 5.02 Å². The predicted molar refractivity (Wildman–Crippen MR) is 65.1 cm³/mol. The van der Waals surface area contributed by atoms with Crippen molar-refractivity contribution in [1.29, 1.82) is 0 Å². The van der Waals surface area contributed by atoms with Gasteiger partial charge in [-0.15, -0.1) is 0 Å². The third-order valence-corrected chi connectivity index (χ3v) is 4.94. The zero-order valence-corrected chi connectivity index (χ0v) is 11.0. The first-order chi connectivity index (χ1) is 7.80. The van der Waals surface area contributed by atoms with Crippen molar-refractivity contribution >= 4 is 27.4 Å². The summed E-state index contributed by atoms with van der Waals surface area (Å²) in [6, 6.07) is 4.29. The fraction of sp³-hybridized carbons (Fsp3) is 0.364. The molecule has 0 radical (unpaired) electrons. The van der Waals surface area contributed by atoms with E-state index in [1.807, 2.05) is 6.92 Å². The Hall–Kier alpha value is -1.07. The van der Waals surface area contributed by atoms with Crippen LogP contribution < -0.4 is 0 Å². The number of aliphatic carboxylic acids is 1. The first kappa shape index (κ1) is 14.0. The van der Waals surface area contributed by atoms with Crippen molar-refractivity contribution in [2.75, 3.05) is 0 Å². The maximum absolute atomic E-state index is 11.9. The molecule has 0 aliphatic carbocycles. The van der Waals surface area contributed by atoms with Gasteiger partial charge in [0.25, 0.3) is 0 Å². The van der Waals surface area contributed by atoms with Crippen LogP contribution in [0.5, 0.6) is 0 Å². The molecule has 0 saturated heterocycles. The summed E-state index contributed by atoms with van der Waals surface area (Å²) in [5.41, 5.74) is 0.827. The Bertz CT molecular complexity index is 536. The minimum absolute atomic E-state index is 0.0606. The van der Waals surface area contributed by atoms with E-state index in [1.165, 1.54) is 12.1 Å². The second-order valence-corrected chi connectivity index (χ2v) is 6.31. The van der Waals surface area contributed by atoms with Crippen LogP contribution in [0.25, 0.3) is 0 Å². The van der Waals surface area contributed by atoms with E-state index in [9.17, 15) is 13.2 Å². The van der Waals surface area contributed by atoms with Gasteiger partial charge in [0.15, 0.2) is 15.1 Å². The van der Waals surface area contributed by atoms with Gasteiger partial charge in [0.2, 0.25) is 0 Å². The molecule has 1 N–H and O–H groups in total. The number of carboxylic acids is 1. The van der Waals surface area contributed by atoms with E-state index < -0.39 is 21.1 Å². The number of aryl methyl sites for hydroxylation is 1. The number of rotatable bonds is 4. The Labute approximate surface area is 105 Å². The van der Waals surface area contributed by atoms with Crippen molar-refractivity contribution < 1.29 is 18.3 Å². The third kappa shape index (κ3) is 2.79. The number of halogens is 1. The van der Waals surface area contributed by atoms with Crippen LogP contribution in [0.3, 0.4) is 0 Å². The molecule has 1 unspecified atom stereocenters. The largest absolute Gasteiger partial charge is 0.480 e. The number of hydrogen-bond acceptors (Lipinski definition) is 3. The van der Waals surface area contributed by atoms with Crippen LogP contribution in [-0.4, -0.2) is 24.7 Å². The lowest BCUT2D eigenvalue weighted by molar-refractivity contribution is -0.136. The van der Waals surface area contributed by atoms with Crippen molar-refractivity contribution in [3.8, 4) is 0 Å². The fourth-order valence-corrected chi connectivity index (χ4v) is 2.92. The van der Waals surface area contributed by atoms with E-state index in [-0.39, 0.29) is 4.90 Å². The zero-order chi connectivity index (χ0) is 13.2. The van der Waals surface area contributed by atoms with E-state index >= 15 is 0 Å². The molecule has 1 rings (SSSR count). The van der Waals surface area contributed by atoms with Crippen LogP contribution in [0.15, 0.2) is 23.1 Å². The Morgan fingerprint density at radius 3 is 2.47 bits per heavy atom. The maximum atomic E-state index is 11.9. The number of sulfone groups is 1. The van der Waals surface area contributed by atoms with E-state index in [0.717, 1.165) is 12.5 Å². The highest BCUT2D eigenvalue weighted by molar-refractivity contribution is 7.92. The van der Waals surface area contributed by atoms with E-state index in [1.54, 1.807) is 6.07 Å². The molecule has 0 fully saturated rings. The second kappa shape index (κ2) is 5.06. The van der Waals surface area contributed by atoms with Crippen molar-refractivity contribution in [1.82, 2.24) is 0 Å². The normalized spacial score (nSPS) is 13.4. The van der Waals surface area contributed by atoms with Crippen molar-refractivity contribution in [3.63, 3.8) is 0 Å². The molecule has 0 bridgehead atoms. The molecule has 0 spiro atoms.